The third-order valence-corrected chi connectivity index (χ3v) is 6.47. The fraction of sp³-hybridized carbons (Fsp3) is 0.529. The number of hydrogen-bond acceptors (Lipinski definition) is 6. The molecule has 3 aromatic rings. The SMILES string of the molecule is Cc1nc2sc3c(c2c2nc(C(=O)N4CCN(C)CC4)nn12)CCC3. The van der Waals surface area contributed by atoms with Crippen LogP contribution in [0, 0.1) is 6.92 Å². The van der Waals surface area contributed by atoms with Gasteiger partial charge < -0.3 is 9.80 Å². The summed E-state index contributed by atoms with van der Waals surface area (Å²) in [6.07, 6.45) is 3.39. The van der Waals surface area contributed by atoms with Gasteiger partial charge in [0, 0.05) is 31.1 Å². The van der Waals surface area contributed by atoms with E-state index in [0.717, 1.165) is 60.7 Å². The molecule has 0 atom stereocenters. The van der Waals surface area contributed by atoms with Gasteiger partial charge in [-0.3, -0.25) is 4.79 Å². The number of amides is 1. The second-order valence-electron chi connectivity index (χ2n) is 6.96. The highest BCUT2D eigenvalue weighted by Crippen LogP contribution is 2.38. The molecule has 7 nitrogen and oxygen atoms in total. The highest BCUT2D eigenvalue weighted by atomic mass is 32.1. The predicted octanol–water partition coefficient (Wildman–Crippen LogP) is 1.52. The van der Waals surface area contributed by atoms with E-state index >= 15 is 0 Å². The third kappa shape index (κ3) is 2.27. The van der Waals surface area contributed by atoms with Crippen molar-refractivity contribution in [1.29, 1.82) is 0 Å². The number of thiophene rings is 1. The molecule has 25 heavy (non-hydrogen) atoms. The lowest BCUT2D eigenvalue weighted by Gasteiger charge is -2.31. The Morgan fingerprint density at radius 1 is 1.12 bits per heavy atom. The molecule has 4 heterocycles. The zero-order chi connectivity index (χ0) is 17.1. The molecule has 0 N–H and O–H groups in total. The van der Waals surface area contributed by atoms with Crippen molar-refractivity contribution < 1.29 is 4.79 Å². The van der Waals surface area contributed by atoms with Gasteiger partial charge in [0.05, 0.1) is 5.39 Å². The van der Waals surface area contributed by atoms with Crippen molar-refractivity contribution in [3.8, 4) is 0 Å². The van der Waals surface area contributed by atoms with Crippen LogP contribution in [0.25, 0.3) is 15.9 Å². The van der Waals surface area contributed by atoms with Gasteiger partial charge in [0.15, 0.2) is 5.65 Å². The van der Waals surface area contributed by atoms with Crippen molar-refractivity contribution in [2.24, 2.45) is 0 Å². The fourth-order valence-corrected chi connectivity index (χ4v) is 5.14. The fourth-order valence-electron chi connectivity index (χ4n) is 3.83. The smallest absolute Gasteiger partial charge is 0.293 e. The summed E-state index contributed by atoms with van der Waals surface area (Å²) in [4.78, 5) is 28.7. The average Bonchev–Trinajstić information content (AvgIpc) is 3.28. The van der Waals surface area contributed by atoms with Crippen LogP contribution in [-0.4, -0.2) is 68.5 Å². The summed E-state index contributed by atoms with van der Waals surface area (Å²) in [7, 11) is 2.08. The highest BCUT2D eigenvalue weighted by Gasteiger charge is 2.27. The lowest BCUT2D eigenvalue weighted by Crippen LogP contribution is -2.47. The Morgan fingerprint density at radius 2 is 1.92 bits per heavy atom. The lowest BCUT2D eigenvalue weighted by atomic mass is 10.2. The van der Waals surface area contributed by atoms with Gasteiger partial charge in [-0.25, -0.2) is 9.97 Å². The Balaban J connectivity index is 1.62. The summed E-state index contributed by atoms with van der Waals surface area (Å²) in [6, 6.07) is 0. The van der Waals surface area contributed by atoms with Crippen LogP contribution in [0.4, 0.5) is 0 Å². The molecular weight excluding hydrogens is 336 g/mol. The molecule has 0 bridgehead atoms. The maximum atomic E-state index is 12.8. The average molecular weight is 356 g/mol. The number of carbonyl (C=O) groups excluding carboxylic acids is 1. The monoisotopic (exact) mass is 356 g/mol. The first kappa shape index (κ1) is 15.2. The number of aromatic nitrogens is 4. The second kappa shape index (κ2) is 5.47. The Hall–Kier alpha value is -2.06. The Morgan fingerprint density at radius 3 is 2.72 bits per heavy atom. The molecule has 5 rings (SSSR count). The molecular formula is C17H20N6OS. The van der Waals surface area contributed by atoms with Crippen molar-refractivity contribution in [3.63, 3.8) is 0 Å². The van der Waals surface area contributed by atoms with E-state index in [4.69, 9.17) is 4.98 Å². The van der Waals surface area contributed by atoms with Crippen LogP contribution in [0.5, 0.6) is 0 Å². The van der Waals surface area contributed by atoms with Crippen LogP contribution < -0.4 is 0 Å². The summed E-state index contributed by atoms with van der Waals surface area (Å²) < 4.78 is 1.75. The van der Waals surface area contributed by atoms with Gasteiger partial charge >= 0.3 is 0 Å². The van der Waals surface area contributed by atoms with E-state index < -0.39 is 0 Å². The standard InChI is InChI=1S/C17H20N6OS/c1-10-18-16-13(11-4-3-5-12(11)25-16)15-19-14(20-23(10)15)17(24)22-8-6-21(2)7-9-22/h3-9H2,1-2H3. The Kier molecular flexibility index (Phi) is 3.33. The molecule has 1 saturated heterocycles. The van der Waals surface area contributed by atoms with Gasteiger partial charge in [0.25, 0.3) is 5.91 Å². The molecule has 1 aliphatic carbocycles. The molecule has 1 fully saturated rings. The van der Waals surface area contributed by atoms with E-state index in [9.17, 15) is 4.79 Å². The zero-order valence-corrected chi connectivity index (χ0v) is 15.3. The lowest BCUT2D eigenvalue weighted by molar-refractivity contribution is 0.0652. The number of hydrogen-bond donors (Lipinski definition) is 0. The summed E-state index contributed by atoms with van der Waals surface area (Å²) in [5.41, 5.74) is 2.16. The number of fused-ring (bicyclic) bond motifs is 5. The maximum absolute atomic E-state index is 12.8. The third-order valence-electron chi connectivity index (χ3n) is 5.29. The summed E-state index contributed by atoms with van der Waals surface area (Å²) in [5, 5.41) is 5.61. The van der Waals surface area contributed by atoms with Crippen LogP contribution in [0.15, 0.2) is 0 Å². The van der Waals surface area contributed by atoms with Crippen LogP contribution in [0.1, 0.15) is 33.3 Å². The molecule has 130 valence electrons. The zero-order valence-electron chi connectivity index (χ0n) is 14.4. The van der Waals surface area contributed by atoms with Gasteiger partial charge in [-0.15, -0.1) is 16.4 Å². The van der Waals surface area contributed by atoms with Crippen molar-refractivity contribution in [2.45, 2.75) is 26.2 Å². The van der Waals surface area contributed by atoms with E-state index in [2.05, 4.69) is 22.0 Å². The minimum absolute atomic E-state index is 0.0729. The van der Waals surface area contributed by atoms with Gasteiger partial charge in [-0.1, -0.05) is 0 Å². The van der Waals surface area contributed by atoms with Gasteiger partial charge in [0.2, 0.25) is 5.82 Å². The number of likely N-dealkylation sites (N-methyl/N-ethyl adjacent to an activating group) is 1. The van der Waals surface area contributed by atoms with Gasteiger partial charge in [0.1, 0.15) is 10.7 Å². The molecule has 0 spiro atoms. The number of carbonyl (C=O) groups is 1. The van der Waals surface area contributed by atoms with Crippen LogP contribution in [0.2, 0.25) is 0 Å². The number of nitrogens with zero attached hydrogens (tertiary/aromatic N) is 6. The Labute approximate surface area is 149 Å². The molecule has 1 aliphatic heterocycles. The summed E-state index contributed by atoms with van der Waals surface area (Å²) in [6.45, 7) is 5.16. The van der Waals surface area contributed by atoms with Gasteiger partial charge in [-0.05, 0) is 38.8 Å². The molecule has 0 unspecified atom stereocenters. The van der Waals surface area contributed by atoms with E-state index in [-0.39, 0.29) is 5.91 Å². The molecule has 2 aliphatic rings. The first-order valence-electron chi connectivity index (χ1n) is 8.77. The van der Waals surface area contributed by atoms with Crippen molar-refractivity contribution in [2.75, 3.05) is 33.2 Å². The summed E-state index contributed by atoms with van der Waals surface area (Å²) in [5.74, 6) is 1.00. The second-order valence-corrected chi connectivity index (χ2v) is 8.05. The maximum Gasteiger partial charge on any atom is 0.293 e. The molecule has 3 aromatic heterocycles. The first-order chi connectivity index (χ1) is 12.1. The van der Waals surface area contributed by atoms with Crippen LogP contribution in [0.3, 0.4) is 0 Å². The molecule has 0 aromatic carbocycles. The molecule has 1 amide bonds. The van der Waals surface area contributed by atoms with Crippen LogP contribution >= 0.6 is 11.3 Å². The van der Waals surface area contributed by atoms with Crippen molar-refractivity contribution >= 4 is 33.1 Å². The number of piperazine rings is 1. The van der Waals surface area contributed by atoms with E-state index in [1.807, 2.05) is 11.8 Å². The number of aryl methyl sites for hydroxylation is 3. The molecule has 0 radical (unpaired) electrons. The topological polar surface area (TPSA) is 66.6 Å². The van der Waals surface area contributed by atoms with Crippen molar-refractivity contribution in [3.05, 3.63) is 22.1 Å². The van der Waals surface area contributed by atoms with E-state index in [1.165, 1.54) is 16.9 Å². The quantitative estimate of drug-likeness (QED) is 0.661. The predicted molar refractivity (Wildman–Crippen MR) is 96.3 cm³/mol. The minimum atomic E-state index is -0.0729. The van der Waals surface area contributed by atoms with E-state index in [0.29, 0.717) is 5.82 Å². The van der Waals surface area contributed by atoms with Gasteiger partial charge in [-0.2, -0.15) is 4.52 Å². The minimum Gasteiger partial charge on any atom is -0.333 e. The molecule has 0 saturated carbocycles. The van der Waals surface area contributed by atoms with E-state index in [1.54, 1.807) is 15.9 Å². The van der Waals surface area contributed by atoms with Crippen molar-refractivity contribution in [1.82, 2.24) is 29.4 Å². The number of rotatable bonds is 1. The normalized spacial score (nSPS) is 18.4. The highest BCUT2D eigenvalue weighted by molar-refractivity contribution is 7.19. The van der Waals surface area contributed by atoms with Crippen LogP contribution in [-0.2, 0) is 12.8 Å². The molecule has 8 heteroatoms. The largest absolute Gasteiger partial charge is 0.333 e. The first-order valence-corrected chi connectivity index (χ1v) is 9.59. The summed E-state index contributed by atoms with van der Waals surface area (Å²) >= 11 is 1.77. The Bertz CT molecular complexity index is 998.